The van der Waals surface area contributed by atoms with Crippen molar-refractivity contribution in [3.05, 3.63) is 83.6 Å². The van der Waals surface area contributed by atoms with Crippen molar-refractivity contribution in [1.82, 2.24) is 30.6 Å². The highest BCUT2D eigenvalue weighted by molar-refractivity contribution is 5.86. The fraction of sp³-hybridized carbons (Fsp3) is 0.405. The molecule has 0 radical (unpaired) electrons. The van der Waals surface area contributed by atoms with Crippen LogP contribution in [0.3, 0.4) is 0 Å². The number of nitrogens with zero attached hydrogens (tertiary/aromatic N) is 2. The molecule has 3 aromatic carbocycles. The van der Waals surface area contributed by atoms with Crippen molar-refractivity contribution < 1.29 is 0 Å². The second-order valence-electron chi connectivity index (χ2n) is 13.4. The van der Waals surface area contributed by atoms with Gasteiger partial charge in [0.15, 0.2) is 0 Å². The van der Waals surface area contributed by atoms with E-state index in [1.54, 1.807) is 11.1 Å². The first kappa shape index (κ1) is 25.7. The molecule has 2 saturated heterocycles. The van der Waals surface area contributed by atoms with Gasteiger partial charge in [-0.15, -0.1) is 0 Å². The molecule has 2 aliphatic heterocycles. The van der Waals surface area contributed by atoms with E-state index in [0.29, 0.717) is 17.5 Å². The molecule has 2 atom stereocenters. The third kappa shape index (κ3) is 4.29. The summed E-state index contributed by atoms with van der Waals surface area (Å²) in [6.45, 7) is 2.16. The molecule has 0 bridgehead atoms. The summed E-state index contributed by atoms with van der Waals surface area (Å²) >= 11 is 0. The Bertz CT molecular complexity index is 1790. The van der Waals surface area contributed by atoms with Crippen LogP contribution in [0.25, 0.3) is 44.5 Å². The Labute approximate surface area is 253 Å². The Balaban J connectivity index is 1.09. The number of nitrogens with one attached hydrogen (secondary N) is 4. The smallest absolute Gasteiger partial charge is 0.124 e. The normalized spacial score (nSPS) is 22.7. The van der Waals surface area contributed by atoms with Gasteiger partial charge in [0, 0.05) is 0 Å². The van der Waals surface area contributed by atoms with Gasteiger partial charge in [-0.05, 0) is 121 Å². The first-order valence-electron chi connectivity index (χ1n) is 16.5. The Hall–Kier alpha value is -3.74. The van der Waals surface area contributed by atoms with Gasteiger partial charge in [0.2, 0.25) is 0 Å². The summed E-state index contributed by atoms with van der Waals surface area (Å²) in [6, 6.07) is 21.6. The Kier molecular flexibility index (Phi) is 6.09. The molecular weight excluding hydrogens is 528 g/mol. The van der Waals surface area contributed by atoms with E-state index >= 15 is 0 Å². The van der Waals surface area contributed by atoms with E-state index in [9.17, 15) is 0 Å². The second kappa shape index (κ2) is 10.2. The third-order valence-corrected chi connectivity index (χ3v) is 11.0. The molecule has 0 amide bonds. The van der Waals surface area contributed by atoms with Crippen LogP contribution in [0, 0.1) is 0 Å². The van der Waals surface area contributed by atoms with Gasteiger partial charge in [-0.25, -0.2) is 9.97 Å². The summed E-state index contributed by atoms with van der Waals surface area (Å²) in [6.07, 6.45) is 14.5. The molecular formula is C37H40N6. The molecule has 2 aromatic heterocycles. The first-order chi connectivity index (χ1) is 21.2. The van der Waals surface area contributed by atoms with Crippen molar-refractivity contribution in [3.63, 3.8) is 0 Å². The van der Waals surface area contributed by atoms with Gasteiger partial charge in [0.1, 0.15) is 11.6 Å². The summed E-state index contributed by atoms with van der Waals surface area (Å²) < 4.78 is 0. The van der Waals surface area contributed by atoms with E-state index in [4.69, 9.17) is 9.97 Å². The van der Waals surface area contributed by atoms with Crippen LogP contribution >= 0.6 is 0 Å². The lowest BCUT2D eigenvalue weighted by Crippen LogP contribution is -2.19. The zero-order chi connectivity index (χ0) is 28.4. The van der Waals surface area contributed by atoms with Crippen LogP contribution in [-0.4, -0.2) is 33.0 Å². The van der Waals surface area contributed by atoms with E-state index < -0.39 is 0 Å². The Morgan fingerprint density at radius 3 is 2.16 bits per heavy atom. The third-order valence-electron chi connectivity index (χ3n) is 11.0. The molecule has 218 valence electrons. The fourth-order valence-electron chi connectivity index (χ4n) is 8.75. The van der Waals surface area contributed by atoms with Crippen molar-refractivity contribution in [3.8, 4) is 33.5 Å². The molecule has 4 aliphatic rings. The van der Waals surface area contributed by atoms with Crippen LogP contribution in [0.1, 0.15) is 92.6 Å². The first-order valence-corrected chi connectivity index (χ1v) is 16.5. The molecule has 4 heterocycles. The van der Waals surface area contributed by atoms with Crippen LogP contribution in [0.15, 0.2) is 60.8 Å². The van der Waals surface area contributed by atoms with Gasteiger partial charge in [-0.1, -0.05) is 55.3 Å². The molecule has 5 aromatic rings. The van der Waals surface area contributed by atoms with E-state index in [0.717, 1.165) is 54.3 Å². The summed E-state index contributed by atoms with van der Waals surface area (Å²) in [7, 11) is 0. The average Bonchev–Trinajstić information content (AvgIpc) is 3.89. The van der Waals surface area contributed by atoms with E-state index in [1.807, 2.05) is 6.20 Å². The van der Waals surface area contributed by atoms with Gasteiger partial charge in [-0.2, -0.15) is 0 Å². The highest BCUT2D eigenvalue weighted by atomic mass is 15.0. The fourth-order valence-corrected chi connectivity index (χ4v) is 8.75. The monoisotopic (exact) mass is 568 g/mol. The number of hydrogen-bond acceptors (Lipinski definition) is 4. The zero-order valence-corrected chi connectivity index (χ0v) is 24.8. The van der Waals surface area contributed by atoms with Gasteiger partial charge < -0.3 is 20.6 Å². The summed E-state index contributed by atoms with van der Waals surface area (Å²) in [5, 5.41) is 7.14. The molecule has 1 saturated carbocycles. The van der Waals surface area contributed by atoms with Crippen molar-refractivity contribution in [2.24, 2.45) is 0 Å². The average molecular weight is 569 g/mol. The number of fused-ring (bicyclic) bond motifs is 3. The quantitative estimate of drug-likeness (QED) is 0.174. The maximum atomic E-state index is 4.94. The number of H-pyrrole nitrogens is 2. The SMILES string of the molecule is c1cc(-c2ccc(-c3ccc4nc(C5CCCN5)[nH]c4c3)c3c2C2(CCCC2)CC3)ccc1-c1cnc(C2CCCN2)[nH]1. The van der Waals surface area contributed by atoms with Crippen LogP contribution in [0.2, 0.25) is 0 Å². The lowest BCUT2D eigenvalue weighted by Gasteiger charge is -2.28. The molecule has 43 heavy (non-hydrogen) atoms. The van der Waals surface area contributed by atoms with E-state index in [1.165, 1.54) is 79.2 Å². The van der Waals surface area contributed by atoms with Gasteiger partial charge in [0.25, 0.3) is 0 Å². The lowest BCUT2D eigenvalue weighted by molar-refractivity contribution is 0.440. The highest BCUT2D eigenvalue weighted by Crippen LogP contribution is 2.55. The summed E-state index contributed by atoms with van der Waals surface area (Å²) in [5.41, 5.74) is 13.5. The number of rotatable bonds is 5. The highest BCUT2D eigenvalue weighted by Gasteiger charge is 2.43. The molecule has 2 unspecified atom stereocenters. The largest absolute Gasteiger partial charge is 0.341 e. The van der Waals surface area contributed by atoms with E-state index in [-0.39, 0.29) is 0 Å². The molecule has 9 rings (SSSR count). The van der Waals surface area contributed by atoms with Gasteiger partial charge in [0.05, 0.1) is 35.0 Å². The van der Waals surface area contributed by atoms with Crippen LogP contribution in [0.5, 0.6) is 0 Å². The van der Waals surface area contributed by atoms with Crippen molar-refractivity contribution in [2.75, 3.05) is 13.1 Å². The molecule has 2 aliphatic carbocycles. The minimum Gasteiger partial charge on any atom is -0.341 e. The maximum absolute atomic E-state index is 4.94. The molecule has 6 nitrogen and oxygen atoms in total. The number of benzene rings is 3. The predicted octanol–water partition coefficient (Wildman–Crippen LogP) is 7.89. The topological polar surface area (TPSA) is 81.4 Å². The minimum atomic E-state index is 0.325. The number of aromatic amines is 2. The molecule has 4 N–H and O–H groups in total. The number of imidazole rings is 2. The van der Waals surface area contributed by atoms with Gasteiger partial charge >= 0.3 is 0 Å². The van der Waals surface area contributed by atoms with E-state index in [2.05, 4.69) is 75.2 Å². The van der Waals surface area contributed by atoms with Crippen LogP contribution in [0.4, 0.5) is 0 Å². The van der Waals surface area contributed by atoms with Crippen LogP contribution in [-0.2, 0) is 11.8 Å². The minimum absolute atomic E-state index is 0.325. The van der Waals surface area contributed by atoms with Gasteiger partial charge in [-0.3, -0.25) is 0 Å². The standard InChI is InChI=1S/C37H40N6/c1-2-17-37(16-1)18-15-28-26(25-11-14-29-32(21-25)42-36(41-29)31-6-4-20-39-31)12-13-27(34(28)37)23-7-9-24(10-8-23)33-22-40-35(43-33)30-5-3-19-38-30/h7-14,21-22,30-31,38-39H,1-6,15-20H2,(H,40,43)(H,41,42). The van der Waals surface area contributed by atoms with Crippen molar-refractivity contribution in [1.29, 1.82) is 0 Å². The Morgan fingerprint density at radius 1 is 0.674 bits per heavy atom. The molecule has 3 fully saturated rings. The zero-order valence-electron chi connectivity index (χ0n) is 24.8. The maximum Gasteiger partial charge on any atom is 0.124 e. The predicted molar refractivity (Wildman–Crippen MR) is 173 cm³/mol. The lowest BCUT2D eigenvalue weighted by atomic mass is 9.76. The molecule has 1 spiro atoms. The molecule has 6 heteroatoms. The Morgan fingerprint density at radius 2 is 1.40 bits per heavy atom. The summed E-state index contributed by atoms with van der Waals surface area (Å²) in [5.74, 6) is 2.15. The van der Waals surface area contributed by atoms with Crippen molar-refractivity contribution >= 4 is 11.0 Å². The van der Waals surface area contributed by atoms with Crippen LogP contribution < -0.4 is 10.6 Å². The number of hydrogen-bond donors (Lipinski definition) is 4. The van der Waals surface area contributed by atoms with Crippen molar-refractivity contribution in [2.45, 2.75) is 81.7 Å². The number of aromatic nitrogens is 4. The summed E-state index contributed by atoms with van der Waals surface area (Å²) in [4.78, 5) is 16.9. The second-order valence-corrected chi connectivity index (χ2v) is 13.4.